The van der Waals surface area contributed by atoms with Crippen molar-refractivity contribution in [2.45, 2.75) is 43.7 Å². The molecule has 1 aliphatic carbocycles. The lowest BCUT2D eigenvalue weighted by molar-refractivity contribution is -0.142. The van der Waals surface area contributed by atoms with Gasteiger partial charge < -0.3 is 15.0 Å². The monoisotopic (exact) mass is 393 g/mol. The number of ether oxygens (including phenoxy) is 1. The lowest BCUT2D eigenvalue weighted by Crippen LogP contribution is -2.39. The van der Waals surface area contributed by atoms with Crippen LogP contribution in [0.3, 0.4) is 0 Å². The zero-order valence-corrected chi connectivity index (χ0v) is 16.6. The second kappa shape index (κ2) is 8.66. The molecule has 1 aliphatic rings. The standard InChI is InChI=1S/C23H27N3O3/c1-29-22(27)19(16-7-3-2-4-8-16)15-24-17-11-13-18(14-12-17)26-21-10-6-5-9-20(21)25-23(26)28/h2-10,17-19,24H,11-15H2,1H3,(H,25,28). The summed E-state index contributed by atoms with van der Waals surface area (Å²) >= 11 is 0. The van der Waals surface area contributed by atoms with Crippen LogP contribution in [0.4, 0.5) is 0 Å². The highest BCUT2D eigenvalue weighted by Crippen LogP contribution is 2.30. The fraction of sp³-hybridized carbons (Fsp3) is 0.391. The van der Waals surface area contributed by atoms with Crippen molar-refractivity contribution in [2.24, 2.45) is 0 Å². The molecule has 0 spiro atoms. The van der Waals surface area contributed by atoms with Crippen molar-refractivity contribution in [3.05, 3.63) is 70.6 Å². The molecule has 4 rings (SSSR count). The van der Waals surface area contributed by atoms with E-state index in [-0.39, 0.29) is 23.6 Å². The second-order valence-electron chi connectivity index (χ2n) is 7.72. The van der Waals surface area contributed by atoms with Crippen molar-refractivity contribution in [3.63, 3.8) is 0 Å². The number of para-hydroxylation sites is 2. The third-order valence-electron chi connectivity index (χ3n) is 5.98. The number of carbonyl (C=O) groups is 1. The number of carbonyl (C=O) groups excluding carboxylic acids is 1. The number of hydrogen-bond acceptors (Lipinski definition) is 4. The van der Waals surface area contributed by atoms with Crippen molar-refractivity contribution in [1.29, 1.82) is 0 Å². The van der Waals surface area contributed by atoms with Crippen LogP contribution in [0.15, 0.2) is 59.4 Å². The molecule has 6 nitrogen and oxygen atoms in total. The molecule has 0 radical (unpaired) electrons. The molecule has 0 bridgehead atoms. The molecule has 0 aliphatic heterocycles. The Hall–Kier alpha value is -2.86. The van der Waals surface area contributed by atoms with Crippen LogP contribution < -0.4 is 11.0 Å². The predicted octanol–water partition coefficient (Wildman–Crippen LogP) is 3.36. The molecule has 0 saturated heterocycles. The Morgan fingerprint density at radius 1 is 1.10 bits per heavy atom. The van der Waals surface area contributed by atoms with E-state index < -0.39 is 0 Å². The van der Waals surface area contributed by atoms with Crippen LogP contribution in [-0.2, 0) is 9.53 Å². The van der Waals surface area contributed by atoms with Crippen molar-refractivity contribution in [1.82, 2.24) is 14.9 Å². The van der Waals surface area contributed by atoms with E-state index in [1.165, 1.54) is 7.11 Å². The molecule has 2 N–H and O–H groups in total. The second-order valence-corrected chi connectivity index (χ2v) is 7.72. The molecule has 6 heteroatoms. The van der Waals surface area contributed by atoms with Gasteiger partial charge in [0.25, 0.3) is 0 Å². The summed E-state index contributed by atoms with van der Waals surface area (Å²) in [5.74, 6) is -0.530. The van der Waals surface area contributed by atoms with Gasteiger partial charge in [-0.3, -0.25) is 9.36 Å². The quantitative estimate of drug-likeness (QED) is 0.630. The van der Waals surface area contributed by atoms with Gasteiger partial charge in [-0.15, -0.1) is 0 Å². The Morgan fingerprint density at radius 3 is 2.52 bits per heavy atom. The number of benzene rings is 2. The summed E-state index contributed by atoms with van der Waals surface area (Å²) in [5.41, 5.74) is 2.80. The highest BCUT2D eigenvalue weighted by molar-refractivity contribution is 5.78. The maximum atomic E-state index is 12.4. The molecule has 2 aromatic carbocycles. The highest BCUT2D eigenvalue weighted by Gasteiger charge is 2.27. The Labute approximate surface area is 169 Å². The minimum absolute atomic E-state index is 0.0301. The lowest BCUT2D eigenvalue weighted by atomic mass is 9.90. The number of aromatic nitrogens is 2. The number of rotatable bonds is 6. The van der Waals surface area contributed by atoms with E-state index >= 15 is 0 Å². The van der Waals surface area contributed by atoms with Gasteiger partial charge >= 0.3 is 11.7 Å². The van der Waals surface area contributed by atoms with Gasteiger partial charge in [-0.1, -0.05) is 42.5 Å². The molecule has 1 atom stereocenters. The first-order valence-electron chi connectivity index (χ1n) is 10.2. The Morgan fingerprint density at radius 2 is 1.79 bits per heavy atom. The molecule has 1 unspecified atom stereocenters. The topological polar surface area (TPSA) is 76.1 Å². The third kappa shape index (κ3) is 4.12. The van der Waals surface area contributed by atoms with Gasteiger partial charge in [0.15, 0.2) is 0 Å². The molecule has 3 aromatic rings. The Balaban J connectivity index is 1.39. The summed E-state index contributed by atoms with van der Waals surface area (Å²) in [6.07, 6.45) is 3.82. The van der Waals surface area contributed by atoms with E-state index in [4.69, 9.17) is 4.74 Å². The first-order valence-corrected chi connectivity index (χ1v) is 10.2. The van der Waals surface area contributed by atoms with E-state index in [1.807, 2.05) is 59.2 Å². The van der Waals surface area contributed by atoms with E-state index in [0.29, 0.717) is 12.6 Å². The number of fused-ring (bicyclic) bond motifs is 1. The summed E-state index contributed by atoms with van der Waals surface area (Å²) in [7, 11) is 1.43. The zero-order valence-electron chi connectivity index (χ0n) is 16.6. The molecular weight excluding hydrogens is 366 g/mol. The number of nitrogens with one attached hydrogen (secondary N) is 2. The van der Waals surface area contributed by atoms with Gasteiger partial charge in [0.05, 0.1) is 24.1 Å². The van der Waals surface area contributed by atoms with Crippen molar-refractivity contribution in [2.75, 3.05) is 13.7 Å². The molecule has 1 heterocycles. The highest BCUT2D eigenvalue weighted by atomic mass is 16.5. The number of aromatic amines is 1. The molecule has 1 fully saturated rings. The van der Waals surface area contributed by atoms with Crippen LogP contribution in [0.2, 0.25) is 0 Å². The summed E-state index contributed by atoms with van der Waals surface area (Å²) in [4.78, 5) is 27.6. The fourth-order valence-corrected chi connectivity index (χ4v) is 4.42. The van der Waals surface area contributed by atoms with Crippen LogP contribution >= 0.6 is 0 Å². The largest absolute Gasteiger partial charge is 0.469 e. The number of nitrogens with zero attached hydrogens (tertiary/aromatic N) is 1. The van der Waals surface area contributed by atoms with Gasteiger partial charge in [-0.25, -0.2) is 4.79 Å². The normalized spacial score (nSPS) is 20.4. The van der Waals surface area contributed by atoms with Gasteiger partial charge in [0.1, 0.15) is 0 Å². The van der Waals surface area contributed by atoms with Crippen molar-refractivity contribution < 1.29 is 9.53 Å². The molecule has 1 aromatic heterocycles. The maximum absolute atomic E-state index is 12.4. The number of methoxy groups -OCH3 is 1. The van der Waals surface area contributed by atoms with Crippen molar-refractivity contribution in [3.8, 4) is 0 Å². The summed E-state index contributed by atoms with van der Waals surface area (Å²) < 4.78 is 6.92. The number of esters is 1. The number of H-pyrrole nitrogens is 1. The molecule has 29 heavy (non-hydrogen) atoms. The predicted molar refractivity (Wildman–Crippen MR) is 113 cm³/mol. The van der Waals surface area contributed by atoms with Crippen LogP contribution in [0.1, 0.15) is 43.2 Å². The van der Waals surface area contributed by atoms with E-state index in [1.54, 1.807) is 0 Å². The van der Waals surface area contributed by atoms with Gasteiger partial charge in [-0.2, -0.15) is 0 Å². The van der Waals surface area contributed by atoms with Crippen LogP contribution in [-0.4, -0.2) is 35.2 Å². The average Bonchev–Trinajstić information content (AvgIpc) is 3.10. The minimum Gasteiger partial charge on any atom is -0.469 e. The summed E-state index contributed by atoms with van der Waals surface area (Å²) in [6.45, 7) is 0.555. The molecule has 0 amide bonds. The Bertz CT molecular complexity index is 1020. The lowest BCUT2D eigenvalue weighted by Gasteiger charge is -2.31. The first kappa shape index (κ1) is 19.5. The smallest absolute Gasteiger partial charge is 0.326 e. The van der Waals surface area contributed by atoms with E-state index in [9.17, 15) is 9.59 Å². The Kier molecular flexibility index (Phi) is 5.81. The minimum atomic E-state index is -0.310. The van der Waals surface area contributed by atoms with Crippen LogP contribution in [0.5, 0.6) is 0 Å². The molecular formula is C23H27N3O3. The van der Waals surface area contributed by atoms with Gasteiger partial charge in [0, 0.05) is 18.6 Å². The SMILES string of the molecule is COC(=O)C(CNC1CCC(n2c(=O)[nH]c3ccccc32)CC1)c1ccccc1. The van der Waals surface area contributed by atoms with Gasteiger partial charge in [0.2, 0.25) is 0 Å². The number of hydrogen-bond donors (Lipinski definition) is 2. The van der Waals surface area contributed by atoms with Gasteiger partial charge in [-0.05, 0) is 43.4 Å². The molecule has 1 saturated carbocycles. The first-order chi connectivity index (χ1) is 14.2. The fourth-order valence-electron chi connectivity index (χ4n) is 4.42. The van der Waals surface area contributed by atoms with E-state index in [2.05, 4.69) is 10.3 Å². The average molecular weight is 393 g/mol. The third-order valence-corrected chi connectivity index (χ3v) is 5.98. The molecule has 152 valence electrons. The van der Waals surface area contributed by atoms with Crippen molar-refractivity contribution >= 4 is 17.0 Å². The number of imidazole rings is 1. The van der Waals surface area contributed by atoms with Crippen LogP contribution in [0, 0.1) is 0 Å². The van der Waals surface area contributed by atoms with Crippen LogP contribution in [0.25, 0.3) is 11.0 Å². The zero-order chi connectivity index (χ0) is 20.2. The maximum Gasteiger partial charge on any atom is 0.326 e. The summed E-state index contributed by atoms with van der Waals surface area (Å²) in [5, 5.41) is 3.56. The summed E-state index contributed by atoms with van der Waals surface area (Å²) in [6, 6.07) is 18.1. The van der Waals surface area contributed by atoms with E-state index in [0.717, 1.165) is 42.3 Å².